The number of carboxylic acids is 1. The molecule has 0 spiro atoms. The van der Waals surface area contributed by atoms with Gasteiger partial charge in [0, 0.05) is 12.1 Å². The third kappa shape index (κ3) is 3.62. The van der Waals surface area contributed by atoms with Crippen LogP contribution in [0.4, 0.5) is 0 Å². The molecule has 0 aliphatic heterocycles. The molecule has 0 aromatic heterocycles. The van der Waals surface area contributed by atoms with Crippen LogP contribution < -0.4 is 5.32 Å². The second-order valence-corrected chi connectivity index (χ2v) is 6.47. The molecule has 0 fully saturated rings. The lowest BCUT2D eigenvalue weighted by atomic mass is 9.74. The molecular formula is C14H19Cl2NO2. The van der Waals surface area contributed by atoms with Crippen LogP contribution in [0, 0.1) is 5.41 Å². The highest BCUT2D eigenvalue weighted by Crippen LogP contribution is 2.31. The van der Waals surface area contributed by atoms with Crippen molar-refractivity contribution in [3.63, 3.8) is 0 Å². The molecule has 0 bridgehead atoms. The number of halogens is 2. The number of hydrogen-bond donors (Lipinski definition) is 2. The van der Waals surface area contributed by atoms with E-state index in [4.69, 9.17) is 23.2 Å². The van der Waals surface area contributed by atoms with Gasteiger partial charge in [0.2, 0.25) is 0 Å². The summed E-state index contributed by atoms with van der Waals surface area (Å²) in [5.74, 6) is -0.834. The molecule has 0 atom stereocenters. The molecule has 1 aromatic carbocycles. The lowest BCUT2D eigenvalue weighted by molar-refractivity contribution is -0.151. The van der Waals surface area contributed by atoms with E-state index in [0.29, 0.717) is 16.6 Å². The van der Waals surface area contributed by atoms with E-state index in [9.17, 15) is 9.90 Å². The van der Waals surface area contributed by atoms with Gasteiger partial charge in [0.25, 0.3) is 0 Å². The summed E-state index contributed by atoms with van der Waals surface area (Å²) in [7, 11) is 0. The number of rotatable bonds is 5. The summed E-state index contributed by atoms with van der Waals surface area (Å²) in [6.45, 7) is 7.69. The zero-order valence-corrected chi connectivity index (χ0v) is 13.1. The standard InChI is InChI=1S/C14H19Cl2NO2/c1-13(2,12(18)19)14(3,4)17-8-9-5-6-10(15)11(16)7-9/h5-7,17H,8H2,1-4H3,(H,18,19). The number of nitrogens with one attached hydrogen (secondary N) is 1. The van der Waals surface area contributed by atoms with Crippen LogP contribution in [0.25, 0.3) is 0 Å². The maximum atomic E-state index is 11.3. The Labute approximate surface area is 123 Å². The van der Waals surface area contributed by atoms with E-state index >= 15 is 0 Å². The second-order valence-electron chi connectivity index (χ2n) is 5.66. The Hall–Kier alpha value is -0.770. The van der Waals surface area contributed by atoms with Gasteiger partial charge in [-0.25, -0.2) is 0 Å². The Morgan fingerprint density at radius 3 is 2.26 bits per heavy atom. The van der Waals surface area contributed by atoms with Crippen molar-refractivity contribution in [1.29, 1.82) is 0 Å². The predicted molar refractivity (Wildman–Crippen MR) is 78.8 cm³/mol. The number of carboxylic acid groups (broad SMARTS) is 1. The number of benzene rings is 1. The van der Waals surface area contributed by atoms with Crippen LogP contribution >= 0.6 is 23.2 Å². The molecule has 1 rings (SSSR count). The van der Waals surface area contributed by atoms with E-state index in [1.165, 1.54) is 0 Å². The molecule has 0 aliphatic rings. The first-order chi connectivity index (χ1) is 8.58. The van der Waals surface area contributed by atoms with Crippen molar-refractivity contribution in [3.05, 3.63) is 33.8 Å². The molecule has 0 aliphatic carbocycles. The zero-order chi connectivity index (χ0) is 14.8. The Bertz CT molecular complexity index is 484. The van der Waals surface area contributed by atoms with Crippen LogP contribution in [0.15, 0.2) is 18.2 Å². The summed E-state index contributed by atoms with van der Waals surface area (Å²) in [6.07, 6.45) is 0. The van der Waals surface area contributed by atoms with Crippen molar-refractivity contribution in [3.8, 4) is 0 Å². The highest BCUT2D eigenvalue weighted by Gasteiger charge is 2.42. The number of hydrogen-bond acceptors (Lipinski definition) is 2. The van der Waals surface area contributed by atoms with Gasteiger partial charge >= 0.3 is 5.97 Å². The Balaban J connectivity index is 2.80. The van der Waals surface area contributed by atoms with Gasteiger partial charge in [-0.1, -0.05) is 29.3 Å². The second kappa shape index (κ2) is 5.70. The minimum absolute atomic E-state index is 0.497. The molecular weight excluding hydrogens is 285 g/mol. The highest BCUT2D eigenvalue weighted by atomic mass is 35.5. The first kappa shape index (κ1) is 16.3. The van der Waals surface area contributed by atoms with E-state index in [0.717, 1.165) is 5.56 Å². The molecule has 2 N–H and O–H groups in total. The molecule has 106 valence electrons. The quantitative estimate of drug-likeness (QED) is 0.865. The molecule has 0 saturated heterocycles. The van der Waals surface area contributed by atoms with E-state index in [-0.39, 0.29) is 0 Å². The van der Waals surface area contributed by atoms with Gasteiger partial charge in [0.1, 0.15) is 0 Å². The van der Waals surface area contributed by atoms with Gasteiger partial charge in [-0.2, -0.15) is 0 Å². The maximum absolute atomic E-state index is 11.3. The predicted octanol–water partition coefficient (Wildman–Crippen LogP) is 3.97. The molecule has 19 heavy (non-hydrogen) atoms. The molecule has 0 amide bonds. The maximum Gasteiger partial charge on any atom is 0.310 e. The van der Waals surface area contributed by atoms with Crippen LogP contribution in [-0.4, -0.2) is 16.6 Å². The molecule has 0 radical (unpaired) electrons. The lowest BCUT2D eigenvalue weighted by Gasteiger charge is -2.39. The third-order valence-corrected chi connectivity index (χ3v) is 4.55. The SMILES string of the molecule is CC(C)(NCc1ccc(Cl)c(Cl)c1)C(C)(C)C(=O)O. The van der Waals surface area contributed by atoms with Gasteiger partial charge in [0.15, 0.2) is 0 Å². The lowest BCUT2D eigenvalue weighted by Crippen LogP contribution is -2.54. The van der Waals surface area contributed by atoms with Crippen LogP contribution in [-0.2, 0) is 11.3 Å². The molecule has 0 heterocycles. The summed E-state index contributed by atoms with van der Waals surface area (Å²) in [6, 6.07) is 5.38. The van der Waals surface area contributed by atoms with Crippen LogP contribution in [0.5, 0.6) is 0 Å². The van der Waals surface area contributed by atoms with E-state index in [1.807, 2.05) is 19.9 Å². The van der Waals surface area contributed by atoms with Crippen molar-refractivity contribution in [2.45, 2.75) is 39.8 Å². The number of carbonyl (C=O) groups is 1. The monoisotopic (exact) mass is 303 g/mol. The van der Waals surface area contributed by atoms with Crippen molar-refractivity contribution < 1.29 is 9.90 Å². The Morgan fingerprint density at radius 1 is 1.21 bits per heavy atom. The molecule has 0 unspecified atom stereocenters. The summed E-state index contributed by atoms with van der Waals surface area (Å²) < 4.78 is 0. The highest BCUT2D eigenvalue weighted by molar-refractivity contribution is 6.42. The first-order valence-electron chi connectivity index (χ1n) is 6.00. The van der Waals surface area contributed by atoms with Crippen molar-refractivity contribution in [1.82, 2.24) is 5.32 Å². The van der Waals surface area contributed by atoms with Gasteiger partial charge in [0.05, 0.1) is 15.5 Å². The van der Waals surface area contributed by atoms with Gasteiger partial charge in [-0.3, -0.25) is 4.79 Å². The van der Waals surface area contributed by atoms with E-state index < -0.39 is 16.9 Å². The van der Waals surface area contributed by atoms with Crippen LogP contribution in [0.2, 0.25) is 10.0 Å². The third-order valence-electron chi connectivity index (χ3n) is 3.82. The summed E-state index contributed by atoms with van der Waals surface area (Å²) >= 11 is 11.8. The summed E-state index contributed by atoms with van der Waals surface area (Å²) in [5.41, 5.74) is -0.489. The van der Waals surface area contributed by atoms with Crippen LogP contribution in [0.1, 0.15) is 33.3 Å². The molecule has 5 heteroatoms. The fourth-order valence-corrected chi connectivity index (χ4v) is 1.78. The van der Waals surface area contributed by atoms with Crippen molar-refractivity contribution in [2.24, 2.45) is 5.41 Å². The first-order valence-corrected chi connectivity index (χ1v) is 6.76. The molecule has 3 nitrogen and oxygen atoms in total. The molecule has 1 aromatic rings. The number of aliphatic carboxylic acids is 1. The smallest absolute Gasteiger partial charge is 0.310 e. The van der Waals surface area contributed by atoms with Gasteiger partial charge < -0.3 is 10.4 Å². The summed E-state index contributed by atoms with van der Waals surface area (Å²) in [5, 5.41) is 13.5. The minimum atomic E-state index is -0.886. The minimum Gasteiger partial charge on any atom is -0.481 e. The topological polar surface area (TPSA) is 49.3 Å². The Morgan fingerprint density at radius 2 is 1.79 bits per heavy atom. The average molecular weight is 304 g/mol. The fraction of sp³-hybridized carbons (Fsp3) is 0.500. The van der Waals surface area contributed by atoms with E-state index in [1.54, 1.807) is 26.0 Å². The van der Waals surface area contributed by atoms with E-state index in [2.05, 4.69) is 5.32 Å². The Kier molecular flexibility index (Phi) is 4.88. The van der Waals surface area contributed by atoms with Crippen molar-refractivity contribution >= 4 is 29.2 Å². The average Bonchev–Trinajstić information content (AvgIpc) is 2.30. The van der Waals surface area contributed by atoms with Gasteiger partial charge in [-0.05, 0) is 45.4 Å². The normalized spacial score (nSPS) is 12.5. The summed E-state index contributed by atoms with van der Waals surface area (Å²) in [4.78, 5) is 11.3. The van der Waals surface area contributed by atoms with Gasteiger partial charge in [-0.15, -0.1) is 0 Å². The molecule has 0 saturated carbocycles. The van der Waals surface area contributed by atoms with Crippen molar-refractivity contribution in [2.75, 3.05) is 0 Å². The largest absolute Gasteiger partial charge is 0.481 e. The van der Waals surface area contributed by atoms with Crippen LogP contribution in [0.3, 0.4) is 0 Å². The zero-order valence-electron chi connectivity index (χ0n) is 11.6. The fourth-order valence-electron chi connectivity index (χ4n) is 1.46.